The fraction of sp³-hybridized carbons (Fsp3) is 0.452. The van der Waals surface area contributed by atoms with E-state index in [1.807, 2.05) is 36.4 Å². The first-order chi connectivity index (χ1) is 21.2. The number of nitrogens with zero attached hydrogens (tertiary/aromatic N) is 2. The van der Waals surface area contributed by atoms with Crippen molar-refractivity contribution in [2.75, 3.05) is 41.5 Å². The van der Waals surface area contributed by atoms with E-state index < -0.39 is 21.7 Å². The lowest BCUT2D eigenvalue weighted by Gasteiger charge is -2.58. The van der Waals surface area contributed by atoms with Crippen LogP contribution in [0.1, 0.15) is 30.1 Å². The van der Waals surface area contributed by atoms with Crippen molar-refractivity contribution in [2.45, 2.75) is 37.0 Å². The van der Waals surface area contributed by atoms with Crippen molar-refractivity contribution in [3.63, 3.8) is 0 Å². The van der Waals surface area contributed by atoms with Crippen LogP contribution in [0.4, 0.5) is 13.2 Å². The molecule has 10 nitrogen and oxygen atoms in total. The molecule has 3 aliphatic rings. The predicted molar refractivity (Wildman–Crippen MR) is 159 cm³/mol. The fourth-order valence-corrected chi connectivity index (χ4v) is 6.71. The number of aromatic nitrogens is 1. The summed E-state index contributed by atoms with van der Waals surface area (Å²) < 4.78 is 82.0. The molecule has 0 radical (unpaired) electrons. The molecular weight excluding hydrogens is 617 g/mol. The Labute approximate surface area is 260 Å². The molecule has 246 valence electrons. The first-order valence-electron chi connectivity index (χ1n) is 14.1. The molecule has 5 atom stereocenters. The Morgan fingerprint density at radius 2 is 1.73 bits per heavy atom. The Morgan fingerprint density at radius 1 is 1.09 bits per heavy atom. The van der Waals surface area contributed by atoms with Gasteiger partial charge >= 0.3 is 5.51 Å². The molecule has 3 saturated heterocycles. The molecule has 0 spiro atoms. The minimum atomic E-state index is -6.09. The predicted octanol–water partition coefficient (Wildman–Crippen LogP) is 4.97. The molecule has 6 rings (SSSR count). The zero-order valence-electron chi connectivity index (χ0n) is 25.4. The van der Waals surface area contributed by atoms with Crippen molar-refractivity contribution in [2.24, 2.45) is 11.8 Å². The normalized spacial score (nSPS) is 23.4. The lowest BCUT2D eigenvalue weighted by molar-refractivity contribution is -0.984. The van der Waals surface area contributed by atoms with E-state index in [1.54, 1.807) is 34.6 Å². The van der Waals surface area contributed by atoms with E-state index in [9.17, 15) is 18.3 Å². The van der Waals surface area contributed by atoms with Gasteiger partial charge in [0.15, 0.2) is 21.6 Å². The monoisotopic (exact) mass is 654 g/mol. The first-order valence-corrected chi connectivity index (χ1v) is 15.5. The molecule has 3 aliphatic heterocycles. The minimum Gasteiger partial charge on any atom is -0.741 e. The van der Waals surface area contributed by atoms with Crippen LogP contribution in [-0.4, -0.2) is 80.6 Å². The number of benzene rings is 2. The molecule has 14 heteroatoms. The van der Waals surface area contributed by atoms with E-state index in [1.165, 1.54) is 0 Å². The van der Waals surface area contributed by atoms with Crippen LogP contribution in [0, 0.1) is 11.8 Å². The van der Waals surface area contributed by atoms with Crippen LogP contribution in [0.2, 0.25) is 0 Å². The van der Waals surface area contributed by atoms with Crippen LogP contribution in [0.15, 0.2) is 55.3 Å². The van der Waals surface area contributed by atoms with Crippen molar-refractivity contribution in [3.05, 3.63) is 66.4 Å². The highest BCUT2D eigenvalue weighted by molar-refractivity contribution is 7.86. The topological polar surface area (TPSA) is 127 Å². The summed E-state index contributed by atoms with van der Waals surface area (Å²) in [5, 5.41) is 13.0. The highest BCUT2D eigenvalue weighted by atomic mass is 32.2. The average Bonchev–Trinajstić information content (AvgIpc) is 3.02. The number of pyridine rings is 1. The van der Waals surface area contributed by atoms with Crippen molar-refractivity contribution in [1.29, 1.82) is 0 Å². The number of hydrogen-bond donors (Lipinski definition) is 1. The van der Waals surface area contributed by atoms with Crippen molar-refractivity contribution in [3.8, 4) is 23.0 Å². The van der Waals surface area contributed by atoms with Crippen LogP contribution in [-0.2, 0) is 16.7 Å². The number of hydrogen-bond acceptors (Lipinski definition) is 9. The van der Waals surface area contributed by atoms with Crippen molar-refractivity contribution >= 4 is 21.0 Å². The van der Waals surface area contributed by atoms with Crippen LogP contribution in [0.5, 0.6) is 23.0 Å². The number of alkyl halides is 3. The largest absolute Gasteiger partial charge is 0.741 e. The maximum atomic E-state index is 12.0. The van der Waals surface area contributed by atoms with Gasteiger partial charge in [-0.05, 0) is 47.9 Å². The van der Waals surface area contributed by atoms with Gasteiger partial charge in [-0.1, -0.05) is 6.08 Å². The summed E-state index contributed by atoms with van der Waals surface area (Å²) >= 11 is 0. The van der Waals surface area contributed by atoms with E-state index in [4.69, 9.17) is 31.9 Å². The number of aliphatic hydroxyl groups excluding tert-OH is 1. The quantitative estimate of drug-likeness (QED) is 0.147. The zero-order valence-corrected chi connectivity index (χ0v) is 26.2. The average molecular weight is 655 g/mol. The van der Waals surface area contributed by atoms with Crippen LogP contribution in [0.3, 0.4) is 0 Å². The Balaban J connectivity index is 0.000000510. The lowest BCUT2D eigenvalue weighted by atomic mass is 9.71. The number of quaternary nitrogens is 1. The molecule has 3 fully saturated rings. The van der Waals surface area contributed by atoms with E-state index in [0.29, 0.717) is 29.1 Å². The van der Waals surface area contributed by atoms with Gasteiger partial charge < -0.3 is 33.1 Å². The summed E-state index contributed by atoms with van der Waals surface area (Å²) in [5.74, 6) is 3.59. The molecule has 1 aromatic heterocycles. The maximum absolute atomic E-state index is 12.0. The van der Waals surface area contributed by atoms with Crippen molar-refractivity contribution in [1.82, 2.24) is 4.98 Å². The Morgan fingerprint density at radius 3 is 2.27 bits per heavy atom. The van der Waals surface area contributed by atoms with Crippen LogP contribution >= 0.6 is 0 Å². The van der Waals surface area contributed by atoms with Crippen LogP contribution in [0.25, 0.3) is 10.9 Å². The van der Waals surface area contributed by atoms with E-state index in [0.717, 1.165) is 64.7 Å². The second-order valence-corrected chi connectivity index (χ2v) is 12.6. The van der Waals surface area contributed by atoms with E-state index in [-0.39, 0.29) is 6.04 Å². The molecule has 2 bridgehead atoms. The molecule has 3 aromatic rings. The summed E-state index contributed by atoms with van der Waals surface area (Å²) in [6.45, 7) is 6.85. The maximum Gasteiger partial charge on any atom is 0.485 e. The number of methoxy groups -OCH3 is 4. The SMILES string of the molecule is C=CC1C[N+]2(Cc3cc(OC)c(OC)c(OC)c3)CCC1CC2[C@H](O)c1ccnc2ccc(OC)cc12.O=S(=O)([O-])C(F)(F)F. The fourth-order valence-electron chi connectivity index (χ4n) is 6.71. The molecule has 1 N–H and O–H groups in total. The van der Waals surface area contributed by atoms with Gasteiger partial charge in [0.1, 0.15) is 24.4 Å². The summed E-state index contributed by atoms with van der Waals surface area (Å²) in [4.78, 5) is 4.53. The smallest absolute Gasteiger partial charge is 0.485 e. The standard InChI is InChI=1S/C30H37N2O5.CHF3O3S/c1-6-20-18-32(17-19-13-27(35-3)30(37-5)28(14-19)36-4)12-10-21(20)15-26(32)29(33)23-9-11-31-25-8-7-22(34-2)16-24(23)25;2-1(3,4)8(5,6)7/h6-9,11,13-14,16,20-21,26,29,33H,1,10,12,15,17-18H2,2-5H3;(H,5,6,7)/q+1;/p-1/t20?,21?,26?,29-,32?;/m1./s1. The van der Waals surface area contributed by atoms with Gasteiger partial charge in [0.05, 0.1) is 47.0 Å². The van der Waals surface area contributed by atoms with Crippen molar-refractivity contribution < 1.29 is 54.7 Å². The number of ether oxygens (including phenoxy) is 4. The molecule has 4 heterocycles. The highest BCUT2D eigenvalue weighted by Gasteiger charge is 2.54. The molecule has 0 aliphatic carbocycles. The lowest BCUT2D eigenvalue weighted by Crippen LogP contribution is -2.67. The highest BCUT2D eigenvalue weighted by Crippen LogP contribution is 2.49. The molecular formula is C31H37F3N2O8S. The van der Waals surface area contributed by atoms with Gasteiger partial charge in [-0.15, -0.1) is 6.58 Å². The number of aliphatic hydroxyl groups is 1. The second-order valence-electron chi connectivity index (χ2n) is 11.2. The molecule has 2 aromatic carbocycles. The first kappa shape index (κ1) is 34.3. The molecule has 4 unspecified atom stereocenters. The summed E-state index contributed by atoms with van der Waals surface area (Å²) in [6.07, 6.45) is 5.32. The third-order valence-corrected chi connectivity index (χ3v) is 9.41. The van der Waals surface area contributed by atoms with Gasteiger partial charge in [0.25, 0.3) is 0 Å². The third-order valence-electron chi connectivity index (χ3n) is 8.85. The van der Waals surface area contributed by atoms with E-state index >= 15 is 0 Å². The van der Waals surface area contributed by atoms with Gasteiger partial charge in [-0.25, -0.2) is 8.42 Å². The Kier molecular flexibility index (Phi) is 10.2. The van der Waals surface area contributed by atoms with Gasteiger partial charge in [0.2, 0.25) is 5.75 Å². The van der Waals surface area contributed by atoms with E-state index in [2.05, 4.69) is 17.6 Å². The van der Waals surface area contributed by atoms with Crippen LogP contribution < -0.4 is 18.9 Å². The Bertz CT molecular complexity index is 1610. The zero-order chi connectivity index (χ0) is 33.2. The summed E-state index contributed by atoms with van der Waals surface area (Å²) in [7, 11) is 0.470. The minimum absolute atomic E-state index is 0.0332. The van der Waals surface area contributed by atoms with Gasteiger partial charge in [-0.2, -0.15) is 13.2 Å². The number of piperidine rings is 3. The third kappa shape index (κ3) is 6.98. The molecule has 0 amide bonds. The van der Waals surface area contributed by atoms with Gasteiger partial charge in [-0.3, -0.25) is 4.98 Å². The van der Waals surface area contributed by atoms with Gasteiger partial charge in [0, 0.05) is 35.9 Å². The number of halogens is 3. The Hall–Kier alpha value is -3.59. The second kappa shape index (κ2) is 13.4. The summed E-state index contributed by atoms with van der Waals surface area (Å²) in [6, 6.07) is 11.9. The summed E-state index contributed by atoms with van der Waals surface area (Å²) in [5.41, 5.74) is -2.80. The number of rotatable bonds is 9. The molecule has 0 saturated carbocycles. The molecule has 45 heavy (non-hydrogen) atoms. The number of fused-ring (bicyclic) bond motifs is 4.